The molecule has 1 aliphatic rings. The van der Waals surface area contributed by atoms with Crippen molar-refractivity contribution in [3.05, 3.63) is 52.6 Å². The highest BCUT2D eigenvalue weighted by Gasteiger charge is 2.47. The van der Waals surface area contributed by atoms with Crippen LogP contribution in [0.3, 0.4) is 0 Å². The molecule has 0 spiro atoms. The summed E-state index contributed by atoms with van der Waals surface area (Å²) in [5.74, 6) is 0.0680. The van der Waals surface area contributed by atoms with E-state index in [-0.39, 0.29) is 17.1 Å². The van der Waals surface area contributed by atoms with Crippen molar-refractivity contribution >= 4 is 17.1 Å². The second-order valence-electron chi connectivity index (χ2n) is 4.84. The molecule has 0 radical (unpaired) electrons. The summed E-state index contributed by atoms with van der Waals surface area (Å²) in [4.78, 5) is 23.1. The van der Waals surface area contributed by atoms with E-state index in [1.807, 2.05) is 0 Å². The van der Waals surface area contributed by atoms with E-state index >= 15 is 0 Å². The summed E-state index contributed by atoms with van der Waals surface area (Å²) in [6.07, 6.45) is -0.146. The van der Waals surface area contributed by atoms with Crippen molar-refractivity contribution in [2.24, 2.45) is 0 Å². The van der Waals surface area contributed by atoms with E-state index in [9.17, 15) is 15.0 Å². The highest BCUT2D eigenvalue weighted by atomic mass is 16.4. The number of fused-ring (bicyclic) bond motifs is 2. The molecular formula is C13H11N5O3. The number of imidazole rings is 1. The maximum absolute atomic E-state index is 12.4. The molecule has 2 atom stereocenters. The molecule has 0 fully saturated rings. The number of aliphatic hydroxyl groups is 2. The van der Waals surface area contributed by atoms with Gasteiger partial charge in [-0.25, -0.2) is 9.55 Å². The predicted octanol–water partition coefficient (Wildman–Crippen LogP) is -0.119. The molecular weight excluding hydrogens is 274 g/mol. The third-order valence-electron chi connectivity index (χ3n) is 3.63. The summed E-state index contributed by atoms with van der Waals surface area (Å²) in [5, 5.41) is 23.8. The van der Waals surface area contributed by atoms with Gasteiger partial charge in [0.1, 0.15) is 0 Å². The SMILES string of the molecule is O=c1c2[nH]cnc2nc2n1C(O)C(O)(c1ccccc1)N2. The Morgan fingerprint density at radius 3 is 2.81 bits per heavy atom. The van der Waals surface area contributed by atoms with E-state index in [0.717, 1.165) is 4.57 Å². The van der Waals surface area contributed by atoms with Crippen molar-refractivity contribution in [1.82, 2.24) is 19.5 Å². The third-order valence-corrected chi connectivity index (χ3v) is 3.63. The van der Waals surface area contributed by atoms with Gasteiger partial charge in [-0.15, -0.1) is 0 Å². The van der Waals surface area contributed by atoms with Crippen molar-refractivity contribution in [3.63, 3.8) is 0 Å². The van der Waals surface area contributed by atoms with Crippen LogP contribution in [0.25, 0.3) is 11.2 Å². The highest BCUT2D eigenvalue weighted by Crippen LogP contribution is 2.38. The molecule has 3 aromatic rings. The van der Waals surface area contributed by atoms with Gasteiger partial charge in [-0.05, 0) is 0 Å². The van der Waals surface area contributed by atoms with Gasteiger partial charge >= 0.3 is 0 Å². The maximum atomic E-state index is 12.4. The Hall–Kier alpha value is -2.71. The van der Waals surface area contributed by atoms with Gasteiger partial charge in [0.05, 0.1) is 6.33 Å². The number of anilines is 1. The van der Waals surface area contributed by atoms with Crippen molar-refractivity contribution in [3.8, 4) is 0 Å². The van der Waals surface area contributed by atoms with E-state index in [0.29, 0.717) is 5.56 Å². The zero-order chi connectivity index (χ0) is 14.6. The topological polar surface area (TPSA) is 116 Å². The minimum Gasteiger partial charge on any atom is -0.368 e. The minimum atomic E-state index is -1.82. The third kappa shape index (κ3) is 1.48. The molecule has 8 nitrogen and oxygen atoms in total. The first-order valence-electron chi connectivity index (χ1n) is 6.31. The van der Waals surface area contributed by atoms with Crippen LogP contribution in [0, 0.1) is 0 Å². The molecule has 0 saturated carbocycles. The first kappa shape index (κ1) is 12.1. The first-order chi connectivity index (χ1) is 10.1. The van der Waals surface area contributed by atoms with Gasteiger partial charge in [0, 0.05) is 5.56 Å². The summed E-state index contributed by atoms with van der Waals surface area (Å²) in [6.45, 7) is 0. The summed E-state index contributed by atoms with van der Waals surface area (Å²) in [6, 6.07) is 8.55. The Bertz CT molecular complexity index is 888. The van der Waals surface area contributed by atoms with Gasteiger partial charge in [0.15, 0.2) is 17.4 Å². The molecule has 3 heterocycles. The summed E-state index contributed by atoms with van der Waals surface area (Å²) in [7, 11) is 0. The number of hydrogen-bond acceptors (Lipinski definition) is 6. The number of H-pyrrole nitrogens is 1. The van der Waals surface area contributed by atoms with Crippen LogP contribution >= 0.6 is 0 Å². The van der Waals surface area contributed by atoms with Crippen LogP contribution in [0.1, 0.15) is 11.8 Å². The lowest BCUT2D eigenvalue weighted by Gasteiger charge is -2.26. The molecule has 1 aliphatic heterocycles. The number of nitrogens with one attached hydrogen (secondary N) is 2. The van der Waals surface area contributed by atoms with Crippen LogP contribution in [0.4, 0.5) is 5.95 Å². The molecule has 4 rings (SSSR count). The second kappa shape index (κ2) is 3.90. The molecule has 0 aliphatic carbocycles. The smallest absolute Gasteiger partial charge is 0.283 e. The van der Waals surface area contributed by atoms with Gasteiger partial charge in [0.25, 0.3) is 5.56 Å². The maximum Gasteiger partial charge on any atom is 0.283 e. The standard InChI is InChI=1S/C13H11N5O3/c19-10-8-9(15-6-14-8)16-12-17-13(21,11(20)18(10)12)7-4-2-1-3-5-7/h1-6,11,20-21H,(H,14,15)(H,16,17). The number of aromatic nitrogens is 4. The number of nitrogens with zero attached hydrogens (tertiary/aromatic N) is 3. The number of rotatable bonds is 1. The molecule has 2 unspecified atom stereocenters. The zero-order valence-electron chi connectivity index (χ0n) is 10.7. The largest absolute Gasteiger partial charge is 0.368 e. The number of aromatic amines is 1. The lowest BCUT2D eigenvalue weighted by molar-refractivity contribution is -0.0851. The van der Waals surface area contributed by atoms with Crippen molar-refractivity contribution < 1.29 is 10.2 Å². The van der Waals surface area contributed by atoms with E-state index < -0.39 is 17.5 Å². The zero-order valence-corrected chi connectivity index (χ0v) is 10.7. The van der Waals surface area contributed by atoms with Crippen molar-refractivity contribution in [2.45, 2.75) is 12.0 Å². The van der Waals surface area contributed by atoms with Crippen LogP contribution in [0.2, 0.25) is 0 Å². The van der Waals surface area contributed by atoms with Gasteiger partial charge < -0.3 is 20.5 Å². The lowest BCUT2D eigenvalue weighted by atomic mass is 10.0. The Morgan fingerprint density at radius 1 is 1.29 bits per heavy atom. The van der Waals surface area contributed by atoms with Gasteiger partial charge in [0.2, 0.25) is 11.7 Å². The molecule has 1 aromatic carbocycles. The molecule has 21 heavy (non-hydrogen) atoms. The Morgan fingerprint density at radius 2 is 2.05 bits per heavy atom. The fraction of sp³-hybridized carbons (Fsp3) is 0.154. The Balaban J connectivity index is 1.95. The Labute approximate surface area is 117 Å². The van der Waals surface area contributed by atoms with Gasteiger partial charge in [-0.3, -0.25) is 4.79 Å². The fourth-order valence-electron chi connectivity index (χ4n) is 2.55. The van der Waals surface area contributed by atoms with Crippen LogP contribution in [-0.4, -0.2) is 29.7 Å². The van der Waals surface area contributed by atoms with E-state index in [2.05, 4.69) is 20.3 Å². The van der Waals surface area contributed by atoms with E-state index in [4.69, 9.17) is 0 Å². The van der Waals surface area contributed by atoms with Gasteiger partial charge in [-0.1, -0.05) is 30.3 Å². The number of aliphatic hydroxyl groups excluding tert-OH is 1. The molecule has 8 heteroatoms. The second-order valence-corrected chi connectivity index (χ2v) is 4.84. The van der Waals surface area contributed by atoms with E-state index in [1.54, 1.807) is 30.3 Å². The monoisotopic (exact) mass is 285 g/mol. The minimum absolute atomic E-state index is 0.0680. The highest BCUT2D eigenvalue weighted by molar-refractivity contribution is 5.70. The lowest BCUT2D eigenvalue weighted by Crippen LogP contribution is -2.39. The molecule has 0 bridgehead atoms. The van der Waals surface area contributed by atoms with Crippen LogP contribution < -0.4 is 10.9 Å². The van der Waals surface area contributed by atoms with Crippen LogP contribution in [0.5, 0.6) is 0 Å². The average Bonchev–Trinajstić information content (AvgIpc) is 3.05. The van der Waals surface area contributed by atoms with Crippen LogP contribution in [-0.2, 0) is 5.72 Å². The average molecular weight is 285 g/mol. The Kier molecular flexibility index (Phi) is 2.24. The van der Waals surface area contributed by atoms with Crippen molar-refractivity contribution in [1.29, 1.82) is 0 Å². The molecule has 0 saturated heterocycles. The number of hydrogen-bond donors (Lipinski definition) is 4. The fourth-order valence-corrected chi connectivity index (χ4v) is 2.55. The normalized spacial score (nSPS) is 24.0. The summed E-state index contributed by atoms with van der Waals surface area (Å²) in [5.41, 5.74) is -1.49. The molecule has 0 amide bonds. The number of benzene rings is 1. The first-order valence-corrected chi connectivity index (χ1v) is 6.31. The summed E-state index contributed by atoms with van der Waals surface area (Å²) < 4.78 is 1.01. The molecule has 106 valence electrons. The molecule has 2 aromatic heterocycles. The quantitative estimate of drug-likeness (QED) is 0.495. The van der Waals surface area contributed by atoms with Crippen molar-refractivity contribution in [2.75, 3.05) is 5.32 Å². The molecule has 4 N–H and O–H groups in total. The van der Waals surface area contributed by atoms with Crippen LogP contribution in [0.15, 0.2) is 41.5 Å². The predicted molar refractivity (Wildman–Crippen MR) is 73.4 cm³/mol. The van der Waals surface area contributed by atoms with Gasteiger partial charge in [-0.2, -0.15) is 4.98 Å². The van der Waals surface area contributed by atoms with E-state index in [1.165, 1.54) is 6.33 Å². The summed E-state index contributed by atoms with van der Waals surface area (Å²) >= 11 is 0.